The molecule has 0 bridgehead atoms. The molecule has 0 amide bonds. The third kappa shape index (κ3) is 9.54. The predicted molar refractivity (Wildman–Crippen MR) is 176 cm³/mol. The van der Waals surface area contributed by atoms with E-state index in [0.29, 0.717) is 13.2 Å². The van der Waals surface area contributed by atoms with Gasteiger partial charge in [0.2, 0.25) is 0 Å². The Morgan fingerprint density at radius 1 is 0.587 bits per heavy atom. The van der Waals surface area contributed by atoms with Gasteiger partial charge < -0.3 is 39.6 Å². The summed E-state index contributed by atoms with van der Waals surface area (Å²) >= 11 is 0. The van der Waals surface area contributed by atoms with Crippen LogP contribution in [0.5, 0.6) is 0 Å². The Morgan fingerprint density at radius 3 is 1.46 bits per heavy atom. The zero-order valence-electron chi connectivity index (χ0n) is 26.1. The fourth-order valence-electron chi connectivity index (χ4n) is 5.94. The van der Waals surface area contributed by atoms with E-state index < -0.39 is 36.0 Å². The van der Waals surface area contributed by atoms with Crippen LogP contribution in [0.3, 0.4) is 0 Å². The lowest BCUT2D eigenvalue weighted by Gasteiger charge is -2.51. The SMILES string of the molecule is OCC(CO)N[C@@H]1C[C@](O)(COCc2ccccc2)[C@@H](OCc2ccccc2)[C@@H](OCc2ccccc2)[C@@H]1OCc1ccccc1. The van der Waals surface area contributed by atoms with Gasteiger partial charge >= 0.3 is 0 Å². The zero-order chi connectivity index (χ0) is 32.0. The van der Waals surface area contributed by atoms with Crippen LogP contribution >= 0.6 is 0 Å². The topological polar surface area (TPSA) is 110 Å². The standard InChI is InChI=1S/C38H45NO7/c40-22-33(23-41)39-34-21-38(42,28-43-24-29-13-5-1-6-14-29)37(46-27-32-19-11-4-12-20-32)36(45-26-31-17-9-3-10-18-31)35(34)44-25-30-15-7-2-8-16-30/h1-20,33-37,39-42H,21-28H2/t34-,35-,36+,37+,38+/m1/s1. The first-order chi connectivity index (χ1) is 22.6. The van der Waals surface area contributed by atoms with E-state index in [9.17, 15) is 15.3 Å². The molecule has 1 aliphatic rings. The number of aliphatic hydroxyl groups excluding tert-OH is 2. The van der Waals surface area contributed by atoms with E-state index >= 15 is 0 Å². The van der Waals surface area contributed by atoms with Crippen molar-refractivity contribution < 1.29 is 34.3 Å². The molecule has 244 valence electrons. The maximum absolute atomic E-state index is 12.5. The second-order valence-electron chi connectivity index (χ2n) is 11.9. The average molecular weight is 628 g/mol. The van der Waals surface area contributed by atoms with E-state index in [0.717, 1.165) is 22.3 Å². The van der Waals surface area contributed by atoms with Gasteiger partial charge in [-0.05, 0) is 28.7 Å². The van der Waals surface area contributed by atoms with E-state index in [4.69, 9.17) is 18.9 Å². The fourth-order valence-corrected chi connectivity index (χ4v) is 5.94. The van der Waals surface area contributed by atoms with Gasteiger partial charge in [0.05, 0.1) is 52.3 Å². The van der Waals surface area contributed by atoms with Gasteiger partial charge in [0.1, 0.15) is 23.9 Å². The Labute approximate surface area is 271 Å². The second-order valence-corrected chi connectivity index (χ2v) is 11.9. The number of aliphatic hydroxyl groups is 3. The van der Waals surface area contributed by atoms with Gasteiger partial charge in [0.15, 0.2) is 0 Å². The quantitative estimate of drug-likeness (QED) is 0.136. The van der Waals surface area contributed by atoms with E-state index in [1.807, 2.05) is 121 Å². The van der Waals surface area contributed by atoms with Crippen LogP contribution in [0.4, 0.5) is 0 Å². The van der Waals surface area contributed by atoms with Crippen LogP contribution in [0, 0.1) is 0 Å². The van der Waals surface area contributed by atoms with Crippen molar-refractivity contribution in [3.8, 4) is 0 Å². The first kappa shape index (κ1) is 33.9. The minimum Gasteiger partial charge on any atom is -0.395 e. The molecule has 0 spiro atoms. The molecule has 4 aromatic carbocycles. The molecule has 0 saturated heterocycles. The number of hydrogen-bond donors (Lipinski definition) is 4. The fraction of sp³-hybridized carbons (Fsp3) is 0.368. The van der Waals surface area contributed by atoms with Crippen LogP contribution in [-0.4, -0.2) is 71.1 Å². The predicted octanol–water partition coefficient (Wildman–Crippen LogP) is 4.41. The van der Waals surface area contributed by atoms with Crippen molar-refractivity contribution >= 4 is 0 Å². The Balaban J connectivity index is 1.48. The van der Waals surface area contributed by atoms with Gasteiger partial charge in [-0.1, -0.05) is 121 Å². The normalized spacial score (nSPS) is 23.0. The number of ether oxygens (including phenoxy) is 4. The van der Waals surface area contributed by atoms with E-state index in [2.05, 4.69) is 5.32 Å². The van der Waals surface area contributed by atoms with Crippen LogP contribution in [-0.2, 0) is 45.4 Å². The van der Waals surface area contributed by atoms with Gasteiger partial charge in [0.25, 0.3) is 0 Å². The number of nitrogens with one attached hydrogen (secondary N) is 1. The Hall–Kier alpha value is -3.44. The largest absolute Gasteiger partial charge is 0.395 e. The van der Waals surface area contributed by atoms with Gasteiger partial charge in [-0.15, -0.1) is 0 Å². The molecule has 5 rings (SSSR count). The molecule has 0 aliphatic heterocycles. The molecule has 1 fully saturated rings. The highest BCUT2D eigenvalue weighted by Gasteiger charge is 2.55. The average Bonchev–Trinajstić information content (AvgIpc) is 3.10. The number of benzene rings is 4. The molecule has 46 heavy (non-hydrogen) atoms. The van der Waals surface area contributed by atoms with Crippen LogP contribution in [0.15, 0.2) is 121 Å². The van der Waals surface area contributed by atoms with Gasteiger partial charge in [-0.3, -0.25) is 0 Å². The molecule has 8 heteroatoms. The van der Waals surface area contributed by atoms with Crippen molar-refractivity contribution in [3.05, 3.63) is 144 Å². The Kier molecular flexibility index (Phi) is 12.9. The van der Waals surface area contributed by atoms with Gasteiger partial charge in [-0.2, -0.15) is 0 Å². The molecule has 5 atom stereocenters. The molecule has 0 aromatic heterocycles. The highest BCUT2D eigenvalue weighted by molar-refractivity contribution is 5.18. The molecule has 1 aliphatic carbocycles. The summed E-state index contributed by atoms with van der Waals surface area (Å²) < 4.78 is 26.1. The lowest BCUT2D eigenvalue weighted by atomic mass is 9.75. The summed E-state index contributed by atoms with van der Waals surface area (Å²) in [5.74, 6) is 0. The Bertz CT molecular complexity index is 1390. The van der Waals surface area contributed by atoms with Crippen LogP contribution < -0.4 is 5.32 Å². The van der Waals surface area contributed by atoms with E-state index in [1.54, 1.807) is 0 Å². The third-order valence-corrected chi connectivity index (χ3v) is 8.32. The molecule has 0 radical (unpaired) electrons. The highest BCUT2D eigenvalue weighted by Crippen LogP contribution is 2.37. The van der Waals surface area contributed by atoms with Crippen molar-refractivity contribution in [1.29, 1.82) is 0 Å². The monoisotopic (exact) mass is 627 g/mol. The zero-order valence-corrected chi connectivity index (χ0v) is 26.1. The summed E-state index contributed by atoms with van der Waals surface area (Å²) in [6, 6.07) is 38.2. The maximum Gasteiger partial charge on any atom is 0.118 e. The van der Waals surface area contributed by atoms with Crippen LogP contribution in [0.1, 0.15) is 28.7 Å². The lowest BCUT2D eigenvalue weighted by Crippen LogP contribution is -2.70. The molecular formula is C38H45NO7. The van der Waals surface area contributed by atoms with Gasteiger partial charge in [0, 0.05) is 6.04 Å². The van der Waals surface area contributed by atoms with E-state index in [-0.39, 0.29) is 39.5 Å². The summed E-state index contributed by atoms with van der Waals surface area (Å²) in [5.41, 5.74) is 2.38. The molecule has 4 N–H and O–H groups in total. The summed E-state index contributed by atoms with van der Waals surface area (Å²) in [7, 11) is 0. The molecule has 8 nitrogen and oxygen atoms in total. The van der Waals surface area contributed by atoms with E-state index in [1.165, 1.54) is 0 Å². The van der Waals surface area contributed by atoms with Gasteiger partial charge in [-0.25, -0.2) is 0 Å². The molecular weight excluding hydrogens is 582 g/mol. The lowest BCUT2D eigenvalue weighted by molar-refractivity contribution is -0.256. The minimum absolute atomic E-state index is 0.0287. The first-order valence-corrected chi connectivity index (χ1v) is 15.9. The molecule has 0 unspecified atom stereocenters. The van der Waals surface area contributed by atoms with Crippen molar-refractivity contribution in [2.24, 2.45) is 0 Å². The second kappa shape index (κ2) is 17.5. The maximum atomic E-state index is 12.5. The summed E-state index contributed by atoms with van der Waals surface area (Å²) in [4.78, 5) is 0. The summed E-state index contributed by atoms with van der Waals surface area (Å²) in [6.07, 6.45) is -2.03. The van der Waals surface area contributed by atoms with Crippen molar-refractivity contribution in [1.82, 2.24) is 5.32 Å². The van der Waals surface area contributed by atoms with Crippen LogP contribution in [0.2, 0.25) is 0 Å². The minimum atomic E-state index is -1.51. The van der Waals surface area contributed by atoms with Crippen molar-refractivity contribution in [2.45, 2.75) is 68.8 Å². The third-order valence-electron chi connectivity index (χ3n) is 8.32. The number of hydrogen-bond acceptors (Lipinski definition) is 8. The molecule has 0 heterocycles. The van der Waals surface area contributed by atoms with Crippen molar-refractivity contribution in [3.63, 3.8) is 0 Å². The summed E-state index contributed by atoms with van der Waals surface area (Å²) in [5, 5.41) is 35.9. The molecule has 1 saturated carbocycles. The Morgan fingerprint density at radius 2 is 1.00 bits per heavy atom. The summed E-state index contributed by atoms with van der Waals surface area (Å²) in [6.45, 7) is 0.517. The smallest absolute Gasteiger partial charge is 0.118 e. The van der Waals surface area contributed by atoms with Crippen molar-refractivity contribution in [2.75, 3.05) is 19.8 Å². The first-order valence-electron chi connectivity index (χ1n) is 15.9. The molecule has 4 aromatic rings. The number of rotatable bonds is 17. The van der Waals surface area contributed by atoms with Crippen LogP contribution in [0.25, 0.3) is 0 Å². The highest BCUT2D eigenvalue weighted by atomic mass is 16.6.